The Balaban J connectivity index is 1.82. The zero-order valence-corrected chi connectivity index (χ0v) is 29.9. The lowest BCUT2D eigenvalue weighted by atomic mass is 9.84. The molecule has 7 heteroatoms. The van der Waals surface area contributed by atoms with E-state index in [0.29, 0.717) is 0 Å². The van der Waals surface area contributed by atoms with Crippen LogP contribution in [0.1, 0.15) is 96.7 Å². The number of cyclic esters (lactones) is 1. The molecule has 1 aliphatic heterocycles. The predicted octanol–water partition coefficient (Wildman–Crippen LogP) is 9.56. The minimum atomic E-state index is -2.11. The monoisotopic (exact) mass is 629 g/mol. The standard InChI is InChI=1S/C38H51NO5Si/c1-36(2,3)29-24-26(22-23-31(29)44-45(10,11)38(7,8)9)25-30-34(40)42-33(28-20-16-13-17-21-28)32(27-18-14-12-15-19-27)39(30)35(41)43-37(4,5)6/h12-24,30,32-33H,25H2,1-11H3/t30-,32-,33+/m0/s1. The van der Waals surface area contributed by atoms with Gasteiger partial charge >= 0.3 is 12.1 Å². The second-order valence-electron chi connectivity index (χ2n) is 15.7. The molecule has 4 rings (SSSR count). The minimum Gasteiger partial charge on any atom is -0.543 e. The lowest BCUT2D eigenvalue weighted by Crippen LogP contribution is -2.56. The van der Waals surface area contributed by atoms with Crippen LogP contribution in [0, 0.1) is 0 Å². The van der Waals surface area contributed by atoms with Gasteiger partial charge in [-0.05, 0) is 72.6 Å². The number of rotatable bonds is 6. The van der Waals surface area contributed by atoms with Crippen LogP contribution in [0.4, 0.5) is 4.79 Å². The topological polar surface area (TPSA) is 65.1 Å². The highest BCUT2D eigenvalue weighted by atomic mass is 28.4. The van der Waals surface area contributed by atoms with Crippen molar-refractivity contribution in [2.75, 3.05) is 0 Å². The summed E-state index contributed by atoms with van der Waals surface area (Å²) in [7, 11) is -2.11. The smallest absolute Gasteiger partial charge is 0.411 e. The van der Waals surface area contributed by atoms with E-state index in [4.69, 9.17) is 13.9 Å². The number of amides is 1. The Hall–Kier alpha value is -3.58. The zero-order valence-electron chi connectivity index (χ0n) is 28.9. The average Bonchev–Trinajstić information content (AvgIpc) is 2.93. The van der Waals surface area contributed by atoms with Crippen molar-refractivity contribution in [3.05, 3.63) is 101 Å². The molecule has 1 fully saturated rings. The fourth-order valence-corrected chi connectivity index (χ4v) is 6.40. The van der Waals surface area contributed by atoms with E-state index in [2.05, 4.69) is 60.7 Å². The van der Waals surface area contributed by atoms with Crippen molar-refractivity contribution in [1.82, 2.24) is 4.90 Å². The first kappa shape index (κ1) is 34.3. The molecule has 6 nitrogen and oxygen atoms in total. The summed E-state index contributed by atoms with van der Waals surface area (Å²) < 4.78 is 19.0. The van der Waals surface area contributed by atoms with Crippen LogP contribution >= 0.6 is 0 Å². The molecular weight excluding hydrogens is 579 g/mol. The molecule has 0 aromatic heterocycles. The number of hydrogen-bond acceptors (Lipinski definition) is 5. The number of carbonyl (C=O) groups excluding carboxylic acids is 2. The van der Waals surface area contributed by atoms with Crippen LogP contribution in [0.25, 0.3) is 0 Å². The molecule has 45 heavy (non-hydrogen) atoms. The van der Waals surface area contributed by atoms with Gasteiger partial charge in [0.05, 0.1) is 0 Å². The summed E-state index contributed by atoms with van der Waals surface area (Å²) in [5, 5.41) is 0.0440. The van der Waals surface area contributed by atoms with Gasteiger partial charge in [-0.2, -0.15) is 0 Å². The fourth-order valence-electron chi connectivity index (χ4n) is 5.37. The maximum atomic E-state index is 14.1. The van der Waals surface area contributed by atoms with Gasteiger partial charge in [-0.25, -0.2) is 9.59 Å². The molecular formula is C38H51NO5Si. The first-order valence-corrected chi connectivity index (χ1v) is 18.8. The molecule has 0 spiro atoms. The Kier molecular flexibility index (Phi) is 9.65. The fraction of sp³-hybridized carbons (Fsp3) is 0.474. The third-order valence-electron chi connectivity index (χ3n) is 8.76. The van der Waals surface area contributed by atoms with Crippen LogP contribution in [-0.2, 0) is 26.1 Å². The molecule has 0 saturated carbocycles. The molecule has 0 aliphatic carbocycles. The predicted molar refractivity (Wildman–Crippen MR) is 183 cm³/mol. The van der Waals surface area contributed by atoms with Gasteiger partial charge in [0.15, 0.2) is 6.10 Å². The van der Waals surface area contributed by atoms with Gasteiger partial charge in [0, 0.05) is 6.42 Å². The highest BCUT2D eigenvalue weighted by Crippen LogP contribution is 2.45. The Morgan fingerprint density at radius 2 is 1.38 bits per heavy atom. The van der Waals surface area contributed by atoms with E-state index in [9.17, 15) is 9.59 Å². The Labute approximate surface area is 271 Å². The molecule has 0 bridgehead atoms. The van der Waals surface area contributed by atoms with Crippen LogP contribution in [0.5, 0.6) is 5.75 Å². The highest BCUT2D eigenvalue weighted by Gasteiger charge is 2.49. The summed E-state index contributed by atoms with van der Waals surface area (Å²) in [6.45, 7) is 23.2. The summed E-state index contributed by atoms with van der Waals surface area (Å²) in [6, 6.07) is 24.0. The van der Waals surface area contributed by atoms with Gasteiger partial charge in [-0.1, -0.05) is 114 Å². The number of ether oxygens (including phenoxy) is 2. The summed E-state index contributed by atoms with van der Waals surface area (Å²) in [6.07, 6.45) is -0.977. The number of hydrogen-bond donors (Lipinski definition) is 0. The van der Waals surface area contributed by atoms with E-state index >= 15 is 0 Å². The summed E-state index contributed by atoms with van der Waals surface area (Å²) >= 11 is 0. The highest BCUT2D eigenvalue weighted by molar-refractivity contribution is 6.74. The van der Waals surface area contributed by atoms with Crippen LogP contribution in [-0.4, -0.2) is 36.9 Å². The molecule has 1 saturated heterocycles. The van der Waals surface area contributed by atoms with Crippen molar-refractivity contribution >= 4 is 20.4 Å². The van der Waals surface area contributed by atoms with Crippen LogP contribution in [0.15, 0.2) is 78.9 Å². The molecule has 0 radical (unpaired) electrons. The Morgan fingerprint density at radius 3 is 1.89 bits per heavy atom. The molecule has 1 amide bonds. The molecule has 1 heterocycles. The lowest BCUT2D eigenvalue weighted by molar-refractivity contribution is -0.174. The molecule has 3 aromatic rings. The molecule has 242 valence electrons. The third kappa shape index (κ3) is 7.99. The number of morpholine rings is 1. The van der Waals surface area contributed by atoms with Crippen molar-refractivity contribution in [3.63, 3.8) is 0 Å². The van der Waals surface area contributed by atoms with Crippen LogP contribution in [0.2, 0.25) is 18.1 Å². The van der Waals surface area contributed by atoms with Gasteiger partial charge in [-0.3, -0.25) is 4.90 Å². The van der Waals surface area contributed by atoms with Crippen molar-refractivity contribution < 1.29 is 23.5 Å². The molecule has 0 unspecified atom stereocenters. The summed E-state index contributed by atoms with van der Waals surface area (Å²) in [5.41, 5.74) is 2.70. The quantitative estimate of drug-likeness (QED) is 0.201. The van der Waals surface area contributed by atoms with E-state index < -0.39 is 44.2 Å². The van der Waals surface area contributed by atoms with E-state index in [-0.39, 0.29) is 16.9 Å². The number of carbonyl (C=O) groups is 2. The average molecular weight is 630 g/mol. The van der Waals surface area contributed by atoms with Gasteiger partial charge in [-0.15, -0.1) is 0 Å². The molecule has 1 aliphatic rings. The van der Waals surface area contributed by atoms with Crippen LogP contribution in [0.3, 0.4) is 0 Å². The maximum Gasteiger partial charge on any atom is 0.411 e. The van der Waals surface area contributed by atoms with Crippen molar-refractivity contribution in [2.24, 2.45) is 0 Å². The Morgan fingerprint density at radius 1 is 0.822 bits per heavy atom. The molecule has 3 aromatic carbocycles. The van der Waals surface area contributed by atoms with E-state index in [1.54, 1.807) is 4.90 Å². The van der Waals surface area contributed by atoms with Gasteiger partial charge < -0.3 is 13.9 Å². The second-order valence-corrected chi connectivity index (χ2v) is 20.4. The molecule has 3 atom stereocenters. The van der Waals surface area contributed by atoms with E-state index in [1.807, 2.05) is 93.6 Å². The number of esters is 1. The third-order valence-corrected chi connectivity index (χ3v) is 13.1. The lowest BCUT2D eigenvalue weighted by Gasteiger charge is -2.45. The van der Waals surface area contributed by atoms with Crippen molar-refractivity contribution in [2.45, 2.75) is 116 Å². The number of benzene rings is 3. The first-order valence-electron chi connectivity index (χ1n) is 15.9. The maximum absolute atomic E-state index is 14.1. The van der Waals surface area contributed by atoms with Gasteiger partial charge in [0.2, 0.25) is 8.32 Å². The second kappa shape index (κ2) is 12.7. The van der Waals surface area contributed by atoms with E-state index in [1.165, 1.54) is 0 Å². The van der Waals surface area contributed by atoms with Crippen LogP contribution < -0.4 is 4.43 Å². The summed E-state index contributed by atoms with van der Waals surface area (Å²) in [4.78, 5) is 29.7. The summed E-state index contributed by atoms with van der Waals surface area (Å²) in [5.74, 6) is 0.417. The molecule has 0 N–H and O–H groups in total. The minimum absolute atomic E-state index is 0.0440. The first-order chi connectivity index (χ1) is 20.8. The van der Waals surface area contributed by atoms with E-state index in [0.717, 1.165) is 28.0 Å². The van der Waals surface area contributed by atoms with Crippen molar-refractivity contribution in [3.8, 4) is 5.75 Å². The zero-order chi connectivity index (χ0) is 33.4. The van der Waals surface area contributed by atoms with Gasteiger partial charge in [0.1, 0.15) is 23.4 Å². The van der Waals surface area contributed by atoms with Gasteiger partial charge in [0.25, 0.3) is 0 Å². The van der Waals surface area contributed by atoms with Crippen molar-refractivity contribution in [1.29, 1.82) is 0 Å². The Bertz CT molecular complexity index is 1480. The SMILES string of the molecule is CC(C)(C)OC(=O)N1[C@@H](Cc2ccc(O[Si](C)(C)C(C)(C)C)c(C(C)(C)C)c2)C(=O)O[C@H](c2ccccc2)[C@@H]1c1ccccc1. The number of nitrogens with zero attached hydrogens (tertiary/aromatic N) is 1. The largest absolute Gasteiger partial charge is 0.543 e. The normalized spacial score (nSPS) is 19.6.